The van der Waals surface area contributed by atoms with E-state index in [0.29, 0.717) is 5.56 Å². The summed E-state index contributed by atoms with van der Waals surface area (Å²) >= 11 is 0. The first-order valence-corrected chi connectivity index (χ1v) is 6.82. The van der Waals surface area contributed by atoms with Crippen LogP contribution in [0.5, 0.6) is 5.75 Å². The highest BCUT2D eigenvalue weighted by Gasteiger charge is 2.30. The van der Waals surface area contributed by atoms with Crippen LogP contribution in [0.4, 0.5) is 24.5 Å². The Morgan fingerprint density at radius 1 is 1.20 bits per heavy atom. The van der Waals surface area contributed by atoms with E-state index in [9.17, 15) is 28.1 Å². The van der Waals surface area contributed by atoms with Crippen molar-refractivity contribution < 1.29 is 27.6 Å². The number of carbonyl (C=O) groups is 1. The summed E-state index contributed by atoms with van der Waals surface area (Å²) < 4.78 is 39.9. The fourth-order valence-electron chi connectivity index (χ4n) is 1.94. The molecule has 0 radical (unpaired) electrons. The SMILES string of the molecule is Nc1ccc(C(=O)NCc2ccc(OC(F)(F)F)cc2)cc1[N+](=O)[O-]. The number of nitro groups is 1. The maximum absolute atomic E-state index is 12.1. The number of benzene rings is 2. The third-order valence-corrected chi connectivity index (χ3v) is 3.10. The fourth-order valence-corrected chi connectivity index (χ4v) is 1.94. The maximum Gasteiger partial charge on any atom is 0.573 e. The van der Waals surface area contributed by atoms with Gasteiger partial charge in [-0.25, -0.2) is 0 Å². The van der Waals surface area contributed by atoms with Crippen molar-refractivity contribution in [3.63, 3.8) is 0 Å². The molecule has 0 aliphatic heterocycles. The summed E-state index contributed by atoms with van der Waals surface area (Å²) in [5, 5.41) is 13.3. The summed E-state index contributed by atoms with van der Waals surface area (Å²) in [4.78, 5) is 22.1. The van der Waals surface area contributed by atoms with Gasteiger partial charge in [0.1, 0.15) is 11.4 Å². The van der Waals surface area contributed by atoms with Gasteiger partial charge >= 0.3 is 6.36 Å². The second-order valence-corrected chi connectivity index (χ2v) is 4.91. The molecule has 1 amide bonds. The van der Waals surface area contributed by atoms with Crippen LogP contribution in [-0.2, 0) is 6.54 Å². The Bertz CT molecular complexity index is 792. The van der Waals surface area contributed by atoms with Gasteiger partial charge in [-0.15, -0.1) is 13.2 Å². The molecule has 0 saturated heterocycles. The molecule has 0 atom stereocenters. The lowest BCUT2D eigenvalue weighted by Gasteiger charge is -2.10. The number of alkyl halides is 3. The molecule has 2 rings (SSSR count). The summed E-state index contributed by atoms with van der Waals surface area (Å²) in [5.41, 5.74) is 5.55. The average molecular weight is 355 g/mol. The van der Waals surface area contributed by atoms with E-state index in [4.69, 9.17) is 5.73 Å². The second kappa shape index (κ2) is 7.07. The Morgan fingerprint density at radius 2 is 1.84 bits per heavy atom. The molecule has 0 heterocycles. The number of hydrogen-bond donors (Lipinski definition) is 2. The minimum atomic E-state index is -4.78. The highest BCUT2D eigenvalue weighted by molar-refractivity contribution is 5.95. The van der Waals surface area contributed by atoms with Gasteiger partial charge in [0.15, 0.2) is 0 Å². The van der Waals surface area contributed by atoms with Gasteiger partial charge < -0.3 is 15.8 Å². The molecule has 2 aromatic carbocycles. The highest BCUT2D eigenvalue weighted by Crippen LogP contribution is 2.23. The number of amides is 1. The van der Waals surface area contributed by atoms with Crippen LogP contribution in [0.2, 0.25) is 0 Å². The van der Waals surface area contributed by atoms with E-state index in [2.05, 4.69) is 10.1 Å². The molecule has 0 spiro atoms. The van der Waals surface area contributed by atoms with Gasteiger partial charge in [-0.2, -0.15) is 0 Å². The largest absolute Gasteiger partial charge is 0.573 e. The van der Waals surface area contributed by atoms with Crippen LogP contribution < -0.4 is 15.8 Å². The van der Waals surface area contributed by atoms with Crippen molar-refractivity contribution in [2.75, 3.05) is 5.73 Å². The lowest BCUT2D eigenvalue weighted by molar-refractivity contribution is -0.383. The van der Waals surface area contributed by atoms with Crippen molar-refractivity contribution in [2.45, 2.75) is 12.9 Å². The summed E-state index contributed by atoms with van der Waals surface area (Å²) in [6, 6.07) is 8.56. The number of nitrogen functional groups attached to an aromatic ring is 1. The zero-order valence-corrected chi connectivity index (χ0v) is 12.5. The number of halogens is 3. The first kappa shape index (κ1) is 18.0. The van der Waals surface area contributed by atoms with Crippen LogP contribution in [0.15, 0.2) is 42.5 Å². The number of nitrogens with one attached hydrogen (secondary N) is 1. The summed E-state index contributed by atoms with van der Waals surface area (Å²) in [7, 11) is 0. The number of ether oxygens (including phenoxy) is 1. The summed E-state index contributed by atoms with van der Waals surface area (Å²) in [6.07, 6.45) is -4.78. The minimum Gasteiger partial charge on any atom is -0.406 e. The maximum atomic E-state index is 12.1. The van der Waals surface area contributed by atoms with E-state index in [0.717, 1.165) is 18.2 Å². The Balaban J connectivity index is 2.00. The van der Waals surface area contributed by atoms with E-state index in [1.54, 1.807) is 0 Å². The van der Waals surface area contributed by atoms with E-state index >= 15 is 0 Å². The van der Waals surface area contributed by atoms with Crippen molar-refractivity contribution >= 4 is 17.3 Å². The molecule has 0 aliphatic carbocycles. The zero-order chi connectivity index (χ0) is 18.6. The van der Waals surface area contributed by atoms with E-state index < -0.39 is 17.2 Å². The van der Waals surface area contributed by atoms with Gasteiger partial charge in [-0.3, -0.25) is 14.9 Å². The van der Waals surface area contributed by atoms with Gasteiger partial charge in [-0.1, -0.05) is 12.1 Å². The molecule has 3 N–H and O–H groups in total. The monoisotopic (exact) mass is 355 g/mol. The molecular formula is C15H12F3N3O4. The third-order valence-electron chi connectivity index (χ3n) is 3.10. The quantitative estimate of drug-likeness (QED) is 0.487. The Hall–Kier alpha value is -3.30. The molecule has 25 heavy (non-hydrogen) atoms. The molecule has 132 valence electrons. The molecule has 0 saturated carbocycles. The zero-order valence-electron chi connectivity index (χ0n) is 12.5. The van der Waals surface area contributed by atoms with Crippen LogP contribution in [-0.4, -0.2) is 17.2 Å². The van der Waals surface area contributed by atoms with Gasteiger partial charge in [0.2, 0.25) is 0 Å². The lowest BCUT2D eigenvalue weighted by atomic mass is 10.1. The van der Waals surface area contributed by atoms with Crippen molar-refractivity contribution in [1.29, 1.82) is 0 Å². The topological polar surface area (TPSA) is 107 Å². The fraction of sp³-hybridized carbons (Fsp3) is 0.133. The van der Waals surface area contributed by atoms with E-state index in [-0.39, 0.29) is 29.2 Å². The van der Waals surface area contributed by atoms with Gasteiger partial charge in [-0.05, 0) is 29.8 Å². The Morgan fingerprint density at radius 3 is 2.40 bits per heavy atom. The van der Waals surface area contributed by atoms with Crippen molar-refractivity contribution in [3.8, 4) is 5.75 Å². The first-order chi connectivity index (χ1) is 11.7. The number of nitrogens with zero attached hydrogens (tertiary/aromatic N) is 1. The Labute approximate surface area is 139 Å². The number of nitro benzene ring substituents is 1. The minimum absolute atomic E-state index is 0.0172. The third kappa shape index (κ3) is 5.09. The number of hydrogen-bond acceptors (Lipinski definition) is 5. The molecule has 7 nitrogen and oxygen atoms in total. The summed E-state index contributed by atoms with van der Waals surface area (Å²) in [6.45, 7) is 0.0172. The normalized spacial score (nSPS) is 11.0. The predicted octanol–water partition coefficient (Wildman–Crippen LogP) is 3.01. The standard InChI is InChI=1S/C15H12F3N3O4/c16-15(17,18)25-11-4-1-9(2-5-11)8-20-14(22)10-3-6-12(19)13(7-10)21(23)24/h1-7H,8,19H2,(H,20,22). The van der Waals surface area contributed by atoms with Gasteiger partial charge in [0.25, 0.3) is 11.6 Å². The lowest BCUT2D eigenvalue weighted by Crippen LogP contribution is -2.23. The molecule has 10 heteroatoms. The predicted molar refractivity (Wildman–Crippen MR) is 81.8 cm³/mol. The molecular weight excluding hydrogens is 343 g/mol. The smallest absolute Gasteiger partial charge is 0.406 e. The first-order valence-electron chi connectivity index (χ1n) is 6.82. The molecule has 0 unspecified atom stereocenters. The van der Waals surface area contributed by atoms with Crippen molar-refractivity contribution in [3.05, 3.63) is 63.7 Å². The Kier molecular flexibility index (Phi) is 5.11. The summed E-state index contributed by atoms with van der Waals surface area (Å²) in [5.74, 6) is -0.963. The second-order valence-electron chi connectivity index (χ2n) is 4.91. The van der Waals surface area contributed by atoms with Gasteiger partial charge in [0, 0.05) is 18.2 Å². The average Bonchev–Trinajstić information content (AvgIpc) is 2.52. The number of nitrogens with two attached hydrogens (primary N) is 1. The van der Waals surface area contributed by atoms with Crippen molar-refractivity contribution in [1.82, 2.24) is 5.32 Å². The van der Waals surface area contributed by atoms with Gasteiger partial charge in [0.05, 0.1) is 4.92 Å². The van der Waals surface area contributed by atoms with Crippen LogP contribution in [0.25, 0.3) is 0 Å². The van der Waals surface area contributed by atoms with Crippen LogP contribution in [0.1, 0.15) is 15.9 Å². The molecule has 0 aliphatic rings. The highest BCUT2D eigenvalue weighted by atomic mass is 19.4. The number of anilines is 1. The number of rotatable bonds is 5. The van der Waals surface area contributed by atoms with Crippen LogP contribution in [0.3, 0.4) is 0 Å². The molecule has 0 fully saturated rings. The van der Waals surface area contributed by atoms with E-state index in [1.807, 2.05) is 0 Å². The van der Waals surface area contributed by atoms with E-state index in [1.165, 1.54) is 24.3 Å². The van der Waals surface area contributed by atoms with Crippen LogP contribution >= 0.6 is 0 Å². The molecule has 0 aromatic heterocycles. The molecule has 0 bridgehead atoms. The molecule has 2 aromatic rings. The van der Waals surface area contributed by atoms with Crippen LogP contribution in [0, 0.1) is 10.1 Å². The van der Waals surface area contributed by atoms with Crippen molar-refractivity contribution in [2.24, 2.45) is 0 Å². The number of carbonyl (C=O) groups excluding carboxylic acids is 1.